The van der Waals surface area contributed by atoms with Crippen LogP contribution in [-0.4, -0.2) is 20.2 Å². The summed E-state index contributed by atoms with van der Waals surface area (Å²) in [5.41, 5.74) is 8.10. The minimum Gasteiger partial charge on any atom is -0.399 e. The van der Waals surface area contributed by atoms with Gasteiger partial charge in [-0.1, -0.05) is 17.7 Å². The predicted octanol–water partition coefficient (Wildman–Crippen LogP) is 3.01. The number of aryl methyl sites for hydroxylation is 1. The molecule has 1 heterocycles. The van der Waals surface area contributed by atoms with E-state index >= 15 is 0 Å². The minimum absolute atomic E-state index is 0.307. The Labute approximate surface area is 125 Å². The lowest BCUT2D eigenvalue weighted by atomic mass is 10.1. The van der Waals surface area contributed by atoms with Crippen molar-refractivity contribution < 1.29 is 4.39 Å². The van der Waals surface area contributed by atoms with Gasteiger partial charge in [0.05, 0.1) is 5.69 Å². The number of tetrazole rings is 1. The Morgan fingerprint density at radius 3 is 2.71 bits per heavy atom. The molecule has 0 bridgehead atoms. The lowest BCUT2D eigenvalue weighted by molar-refractivity contribution is 0.628. The predicted molar refractivity (Wildman–Crippen MR) is 78.7 cm³/mol. The molecule has 5 nitrogen and oxygen atoms in total. The van der Waals surface area contributed by atoms with Crippen LogP contribution in [0.25, 0.3) is 17.1 Å². The van der Waals surface area contributed by atoms with Gasteiger partial charge >= 0.3 is 0 Å². The molecule has 3 aromatic rings. The Balaban J connectivity index is 2.14. The van der Waals surface area contributed by atoms with Crippen molar-refractivity contribution in [2.24, 2.45) is 0 Å². The van der Waals surface area contributed by atoms with E-state index in [0.29, 0.717) is 27.8 Å². The summed E-state index contributed by atoms with van der Waals surface area (Å²) in [4.78, 5) is 0. The summed E-state index contributed by atoms with van der Waals surface area (Å²) in [7, 11) is 0. The van der Waals surface area contributed by atoms with E-state index in [2.05, 4.69) is 15.5 Å². The zero-order valence-corrected chi connectivity index (χ0v) is 11.8. The van der Waals surface area contributed by atoms with Crippen LogP contribution in [0.5, 0.6) is 0 Å². The summed E-state index contributed by atoms with van der Waals surface area (Å²) in [6, 6.07) is 9.63. The molecule has 0 radical (unpaired) electrons. The standard InChI is InChI=1S/C14H11ClFN5/c1-8-2-3-12(7-13(8)15)21-14(18-19-20-21)9-4-10(16)6-11(17)5-9/h2-7H,17H2,1H3. The monoisotopic (exact) mass is 303 g/mol. The number of aromatic nitrogens is 4. The summed E-state index contributed by atoms with van der Waals surface area (Å²) in [5.74, 6) is -0.0531. The average Bonchev–Trinajstić information content (AvgIpc) is 2.90. The molecule has 0 unspecified atom stereocenters. The second-order valence-electron chi connectivity index (χ2n) is 4.62. The lowest BCUT2D eigenvalue weighted by Gasteiger charge is -2.07. The van der Waals surface area contributed by atoms with E-state index in [1.54, 1.807) is 12.1 Å². The Morgan fingerprint density at radius 2 is 2.00 bits per heavy atom. The van der Waals surface area contributed by atoms with E-state index in [9.17, 15) is 4.39 Å². The Kier molecular flexibility index (Phi) is 3.31. The first-order chi connectivity index (χ1) is 10.0. The second kappa shape index (κ2) is 5.14. The highest BCUT2D eigenvalue weighted by molar-refractivity contribution is 6.31. The molecule has 3 rings (SSSR count). The molecule has 0 amide bonds. The van der Waals surface area contributed by atoms with Crippen LogP contribution in [0, 0.1) is 12.7 Å². The molecule has 0 aliphatic rings. The van der Waals surface area contributed by atoms with Gasteiger partial charge in [0.2, 0.25) is 0 Å². The molecule has 1 aromatic heterocycles. The topological polar surface area (TPSA) is 69.6 Å². The van der Waals surface area contributed by atoms with E-state index in [-0.39, 0.29) is 0 Å². The van der Waals surface area contributed by atoms with E-state index in [4.69, 9.17) is 17.3 Å². The van der Waals surface area contributed by atoms with Crippen molar-refractivity contribution in [1.82, 2.24) is 20.2 Å². The van der Waals surface area contributed by atoms with Gasteiger partial charge in [0.1, 0.15) is 5.82 Å². The van der Waals surface area contributed by atoms with Crippen LogP contribution >= 0.6 is 11.6 Å². The number of anilines is 1. The van der Waals surface area contributed by atoms with E-state index in [1.807, 2.05) is 19.1 Å². The molecule has 0 aliphatic carbocycles. The first-order valence-corrected chi connectivity index (χ1v) is 6.54. The summed E-state index contributed by atoms with van der Waals surface area (Å²) < 4.78 is 15.0. The fourth-order valence-electron chi connectivity index (χ4n) is 2.00. The quantitative estimate of drug-likeness (QED) is 0.739. The fourth-order valence-corrected chi connectivity index (χ4v) is 2.17. The van der Waals surface area contributed by atoms with Gasteiger partial charge in [-0.2, -0.15) is 4.68 Å². The van der Waals surface area contributed by atoms with Crippen LogP contribution in [0.15, 0.2) is 36.4 Å². The molecule has 0 saturated carbocycles. The van der Waals surface area contributed by atoms with Crippen molar-refractivity contribution >= 4 is 17.3 Å². The van der Waals surface area contributed by atoms with Gasteiger partial charge in [-0.05, 0) is 53.2 Å². The third-order valence-electron chi connectivity index (χ3n) is 3.05. The third kappa shape index (κ3) is 2.57. The molecule has 0 spiro atoms. The van der Waals surface area contributed by atoms with E-state index in [0.717, 1.165) is 5.56 Å². The normalized spacial score (nSPS) is 10.8. The largest absolute Gasteiger partial charge is 0.399 e. The first kappa shape index (κ1) is 13.5. The summed E-state index contributed by atoms with van der Waals surface area (Å²) in [6.07, 6.45) is 0. The van der Waals surface area contributed by atoms with Gasteiger partial charge in [-0.25, -0.2) is 4.39 Å². The highest BCUT2D eigenvalue weighted by Gasteiger charge is 2.13. The van der Waals surface area contributed by atoms with Crippen molar-refractivity contribution in [3.05, 3.63) is 52.8 Å². The third-order valence-corrected chi connectivity index (χ3v) is 3.46. The molecule has 0 atom stereocenters. The number of halogens is 2. The van der Waals surface area contributed by atoms with E-state index in [1.165, 1.54) is 16.8 Å². The maximum absolute atomic E-state index is 13.5. The second-order valence-corrected chi connectivity index (χ2v) is 5.03. The molecule has 0 fully saturated rings. The van der Waals surface area contributed by atoms with Gasteiger partial charge < -0.3 is 5.73 Å². The maximum Gasteiger partial charge on any atom is 0.187 e. The molecule has 2 aromatic carbocycles. The molecule has 7 heteroatoms. The summed E-state index contributed by atoms with van der Waals surface area (Å²) in [6.45, 7) is 1.90. The molecular weight excluding hydrogens is 293 g/mol. The van der Waals surface area contributed by atoms with Crippen LogP contribution in [0.2, 0.25) is 5.02 Å². The van der Waals surface area contributed by atoms with Gasteiger partial charge in [0.15, 0.2) is 5.82 Å². The zero-order valence-electron chi connectivity index (χ0n) is 11.1. The number of hydrogen-bond acceptors (Lipinski definition) is 4. The molecule has 0 aliphatic heterocycles. The lowest BCUT2D eigenvalue weighted by Crippen LogP contribution is -2.01. The first-order valence-electron chi connectivity index (χ1n) is 6.16. The Bertz CT molecular complexity index is 795. The molecular formula is C14H11ClFN5. The number of benzene rings is 2. The van der Waals surface area contributed by atoms with Crippen LogP contribution in [0.3, 0.4) is 0 Å². The summed E-state index contributed by atoms with van der Waals surface area (Å²) >= 11 is 6.12. The minimum atomic E-state index is -0.443. The summed E-state index contributed by atoms with van der Waals surface area (Å²) in [5, 5.41) is 12.1. The zero-order chi connectivity index (χ0) is 15.0. The fraction of sp³-hybridized carbons (Fsp3) is 0.0714. The highest BCUT2D eigenvalue weighted by Crippen LogP contribution is 2.25. The molecule has 2 N–H and O–H groups in total. The van der Waals surface area contributed by atoms with Crippen molar-refractivity contribution in [2.75, 3.05) is 5.73 Å². The number of nitrogens with two attached hydrogens (primary N) is 1. The van der Waals surface area contributed by atoms with Crippen molar-refractivity contribution in [2.45, 2.75) is 6.92 Å². The van der Waals surface area contributed by atoms with Gasteiger partial charge in [-0.3, -0.25) is 0 Å². The number of rotatable bonds is 2. The Morgan fingerprint density at radius 1 is 1.19 bits per heavy atom. The number of nitrogens with zero attached hydrogens (tertiary/aromatic N) is 4. The molecule has 21 heavy (non-hydrogen) atoms. The maximum atomic E-state index is 13.5. The van der Waals surface area contributed by atoms with E-state index < -0.39 is 5.82 Å². The number of nitrogen functional groups attached to an aromatic ring is 1. The smallest absolute Gasteiger partial charge is 0.187 e. The van der Waals surface area contributed by atoms with Gasteiger partial charge in [0.25, 0.3) is 0 Å². The van der Waals surface area contributed by atoms with Crippen LogP contribution in [0.1, 0.15) is 5.56 Å². The molecule has 106 valence electrons. The van der Waals surface area contributed by atoms with Gasteiger partial charge in [0, 0.05) is 16.3 Å². The van der Waals surface area contributed by atoms with Crippen molar-refractivity contribution in [3.63, 3.8) is 0 Å². The molecule has 0 saturated heterocycles. The van der Waals surface area contributed by atoms with Crippen LogP contribution in [-0.2, 0) is 0 Å². The van der Waals surface area contributed by atoms with Crippen LogP contribution in [0.4, 0.5) is 10.1 Å². The van der Waals surface area contributed by atoms with Gasteiger partial charge in [-0.15, -0.1) is 5.10 Å². The van der Waals surface area contributed by atoms with Crippen molar-refractivity contribution in [3.8, 4) is 17.1 Å². The Hall–Kier alpha value is -2.47. The van der Waals surface area contributed by atoms with Crippen molar-refractivity contribution in [1.29, 1.82) is 0 Å². The highest BCUT2D eigenvalue weighted by atomic mass is 35.5. The van der Waals surface area contributed by atoms with Crippen LogP contribution < -0.4 is 5.73 Å². The average molecular weight is 304 g/mol. The number of hydrogen-bond donors (Lipinski definition) is 1. The SMILES string of the molecule is Cc1ccc(-n2nnnc2-c2cc(N)cc(F)c2)cc1Cl.